The van der Waals surface area contributed by atoms with E-state index in [0.29, 0.717) is 17.0 Å². The lowest BCUT2D eigenvalue weighted by atomic mass is 10.1. The maximum absolute atomic E-state index is 13.1. The Morgan fingerprint density at radius 3 is 2.52 bits per heavy atom. The van der Waals surface area contributed by atoms with Crippen molar-refractivity contribution >= 4 is 32.1 Å². The normalized spacial score (nSPS) is 12.9. The number of aryl methyl sites for hydroxylation is 2. The molecule has 0 aliphatic heterocycles. The Hall–Kier alpha value is -2.88. The number of halogens is 3. The van der Waals surface area contributed by atoms with Gasteiger partial charge in [-0.05, 0) is 49.7 Å². The van der Waals surface area contributed by atoms with Gasteiger partial charge in [-0.3, -0.25) is 0 Å². The van der Waals surface area contributed by atoms with Gasteiger partial charge in [0, 0.05) is 18.6 Å². The van der Waals surface area contributed by atoms with Crippen LogP contribution in [0.3, 0.4) is 0 Å². The number of rotatable bonds is 3. The molecule has 3 heterocycles. The van der Waals surface area contributed by atoms with Crippen LogP contribution in [-0.4, -0.2) is 32.7 Å². The first-order valence-corrected chi connectivity index (χ1v) is 10.4. The van der Waals surface area contributed by atoms with E-state index in [0.717, 1.165) is 21.7 Å². The summed E-state index contributed by atoms with van der Waals surface area (Å²) in [6.07, 6.45) is -2.86. The maximum atomic E-state index is 13.1. The first kappa shape index (κ1) is 19.4. The van der Waals surface area contributed by atoms with Crippen molar-refractivity contribution in [1.29, 1.82) is 0 Å². The summed E-state index contributed by atoms with van der Waals surface area (Å²) in [5.41, 5.74) is 1.53. The summed E-state index contributed by atoms with van der Waals surface area (Å²) in [5.74, 6) is 0.0893. The van der Waals surface area contributed by atoms with Gasteiger partial charge in [-0.15, -0.1) is 0 Å². The Bertz CT molecular complexity index is 1370. The van der Waals surface area contributed by atoms with Crippen molar-refractivity contribution < 1.29 is 21.6 Å². The fraction of sp³-hybridized carbons (Fsp3) is 0.263. The second-order valence-corrected chi connectivity index (χ2v) is 8.92. The Morgan fingerprint density at radius 1 is 1.14 bits per heavy atom. The molecule has 152 valence electrons. The third kappa shape index (κ3) is 3.07. The Morgan fingerprint density at radius 2 is 1.86 bits per heavy atom. The number of pyridine rings is 1. The minimum atomic E-state index is -4.53. The lowest BCUT2D eigenvalue weighted by molar-refractivity contribution is -0.137. The number of benzene rings is 1. The predicted molar refractivity (Wildman–Crippen MR) is 104 cm³/mol. The Balaban J connectivity index is 2.08. The number of nitrogens with zero attached hydrogens (tertiary/aromatic N) is 4. The smallest absolute Gasteiger partial charge is 0.311 e. The van der Waals surface area contributed by atoms with Gasteiger partial charge in [0.1, 0.15) is 11.2 Å². The minimum Gasteiger partial charge on any atom is -0.311 e. The van der Waals surface area contributed by atoms with Crippen molar-refractivity contribution in [3.05, 3.63) is 47.7 Å². The molecule has 0 fully saturated rings. The van der Waals surface area contributed by atoms with Crippen molar-refractivity contribution in [2.75, 3.05) is 5.75 Å². The van der Waals surface area contributed by atoms with E-state index in [1.54, 1.807) is 17.8 Å². The van der Waals surface area contributed by atoms with Crippen LogP contribution in [0.1, 0.15) is 18.1 Å². The predicted octanol–water partition coefficient (Wildman–Crippen LogP) is 4.12. The topological polar surface area (TPSA) is 69.8 Å². The summed E-state index contributed by atoms with van der Waals surface area (Å²) in [7, 11) is -2.12. The number of alkyl halides is 3. The molecule has 0 aliphatic rings. The van der Waals surface area contributed by atoms with Gasteiger partial charge in [-0.1, -0.05) is 0 Å². The van der Waals surface area contributed by atoms with E-state index in [2.05, 4.69) is 9.97 Å². The highest BCUT2D eigenvalue weighted by atomic mass is 32.2. The van der Waals surface area contributed by atoms with Gasteiger partial charge in [0.25, 0.3) is 0 Å². The van der Waals surface area contributed by atoms with E-state index in [1.807, 2.05) is 13.0 Å². The molecule has 4 rings (SSSR count). The second-order valence-electron chi connectivity index (χ2n) is 6.82. The highest BCUT2D eigenvalue weighted by molar-refractivity contribution is 7.90. The van der Waals surface area contributed by atoms with Crippen LogP contribution in [0.4, 0.5) is 13.2 Å². The van der Waals surface area contributed by atoms with Gasteiger partial charge in [0.05, 0.1) is 16.8 Å². The molecule has 0 bridgehead atoms. The van der Waals surface area contributed by atoms with Gasteiger partial charge in [-0.25, -0.2) is 22.4 Å². The second kappa shape index (κ2) is 6.31. The van der Waals surface area contributed by atoms with Crippen LogP contribution < -0.4 is 0 Å². The van der Waals surface area contributed by atoms with Gasteiger partial charge in [-0.2, -0.15) is 13.2 Å². The third-order valence-electron chi connectivity index (χ3n) is 4.80. The van der Waals surface area contributed by atoms with E-state index in [9.17, 15) is 21.6 Å². The SMILES string of the molecule is CCS(=O)(=O)n1c(-c2nc3cc(C)cnc3n2C)cc2cc(C(F)(F)F)ccc21. The molecule has 6 nitrogen and oxygen atoms in total. The molecule has 4 aromatic rings. The lowest BCUT2D eigenvalue weighted by Gasteiger charge is -2.11. The van der Waals surface area contributed by atoms with Crippen LogP contribution in [0, 0.1) is 6.92 Å². The quantitative estimate of drug-likeness (QED) is 0.498. The molecule has 0 amide bonds. The van der Waals surface area contributed by atoms with Gasteiger partial charge >= 0.3 is 6.18 Å². The number of aromatic nitrogens is 4. The number of imidazole rings is 1. The zero-order valence-electron chi connectivity index (χ0n) is 15.8. The highest BCUT2D eigenvalue weighted by Gasteiger charge is 2.32. The zero-order chi connectivity index (χ0) is 21.1. The number of hydrogen-bond donors (Lipinski definition) is 0. The average Bonchev–Trinajstić information content (AvgIpc) is 3.18. The molecular formula is C19H17F3N4O2S. The molecule has 0 unspecified atom stereocenters. The third-order valence-corrected chi connectivity index (χ3v) is 6.48. The largest absolute Gasteiger partial charge is 0.416 e. The standard InChI is InChI=1S/C19H17F3N4O2S/c1-4-29(27,28)26-15-6-5-13(19(20,21)22)8-12(15)9-16(26)18-24-14-7-11(2)10-23-17(14)25(18)3/h5-10H,4H2,1-3H3. The number of hydrogen-bond acceptors (Lipinski definition) is 4. The van der Waals surface area contributed by atoms with Crippen LogP contribution in [-0.2, 0) is 23.2 Å². The van der Waals surface area contributed by atoms with E-state index in [4.69, 9.17) is 0 Å². The van der Waals surface area contributed by atoms with Crippen molar-refractivity contribution in [3.8, 4) is 11.5 Å². The summed E-state index contributed by atoms with van der Waals surface area (Å²) >= 11 is 0. The van der Waals surface area contributed by atoms with Crippen molar-refractivity contribution in [1.82, 2.24) is 18.5 Å². The van der Waals surface area contributed by atoms with Gasteiger partial charge in [0.15, 0.2) is 11.5 Å². The van der Waals surface area contributed by atoms with Gasteiger partial charge < -0.3 is 4.57 Å². The minimum absolute atomic E-state index is 0.169. The molecule has 0 saturated heterocycles. The van der Waals surface area contributed by atoms with Crippen molar-refractivity contribution in [2.24, 2.45) is 7.05 Å². The van der Waals surface area contributed by atoms with E-state index in [-0.39, 0.29) is 22.3 Å². The monoisotopic (exact) mass is 422 g/mol. The lowest BCUT2D eigenvalue weighted by Crippen LogP contribution is -2.16. The van der Waals surface area contributed by atoms with Crippen molar-refractivity contribution in [3.63, 3.8) is 0 Å². The van der Waals surface area contributed by atoms with Gasteiger partial charge in [0.2, 0.25) is 10.0 Å². The van der Waals surface area contributed by atoms with E-state index in [1.165, 1.54) is 19.1 Å². The van der Waals surface area contributed by atoms with Crippen LogP contribution in [0.5, 0.6) is 0 Å². The Labute approximate surface area is 164 Å². The van der Waals surface area contributed by atoms with Crippen LogP contribution >= 0.6 is 0 Å². The molecule has 0 N–H and O–H groups in total. The molecule has 3 aromatic heterocycles. The fourth-order valence-electron chi connectivity index (χ4n) is 3.36. The van der Waals surface area contributed by atoms with Crippen LogP contribution in [0.25, 0.3) is 33.6 Å². The molecule has 10 heteroatoms. The Kier molecular flexibility index (Phi) is 4.23. The van der Waals surface area contributed by atoms with E-state index < -0.39 is 21.8 Å². The first-order chi connectivity index (χ1) is 13.5. The van der Waals surface area contributed by atoms with Crippen LogP contribution in [0.15, 0.2) is 36.5 Å². The summed E-state index contributed by atoms with van der Waals surface area (Å²) in [6, 6.07) is 6.25. The van der Waals surface area contributed by atoms with Crippen molar-refractivity contribution in [2.45, 2.75) is 20.0 Å². The van der Waals surface area contributed by atoms with Crippen LogP contribution in [0.2, 0.25) is 0 Å². The fourth-order valence-corrected chi connectivity index (χ4v) is 4.52. The molecule has 0 radical (unpaired) electrons. The highest BCUT2D eigenvalue weighted by Crippen LogP contribution is 2.35. The summed E-state index contributed by atoms with van der Waals surface area (Å²) < 4.78 is 67.8. The molecule has 1 aromatic carbocycles. The summed E-state index contributed by atoms with van der Waals surface area (Å²) in [5, 5.41) is 0.169. The molecule has 29 heavy (non-hydrogen) atoms. The molecule has 0 atom stereocenters. The molecule has 0 aliphatic carbocycles. The first-order valence-electron chi connectivity index (χ1n) is 8.78. The molecule has 0 spiro atoms. The molecule has 0 saturated carbocycles. The maximum Gasteiger partial charge on any atom is 0.416 e. The zero-order valence-corrected chi connectivity index (χ0v) is 16.6. The summed E-state index contributed by atoms with van der Waals surface area (Å²) in [4.78, 5) is 8.84. The number of fused-ring (bicyclic) bond motifs is 2. The average molecular weight is 422 g/mol. The molecular weight excluding hydrogens is 405 g/mol. The summed E-state index contributed by atoms with van der Waals surface area (Å²) in [6.45, 7) is 3.34. The van der Waals surface area contributed by atoms with E-state index >= 15 is 0 Å².